The molecular weight excluding hydrogens is 152 g/mol. The van der Waals surface area contributed by atoms with Gasteiger partial charge in [0.15, 0.2) is 5.75 Å². The first kappa shape index (κ1) is 8.78. The minimum absolute atomic E-state index is 0.0616. The second-order valence-corrected chi connectivity index (χ2v) is 2.49. The van der Waals surface area contributed by atoms with Crippen LogP contribution in [0.25, 0.3) is 0 Å². The molecule has 0 aliphatic heterocycles. The third-order valence-electron chi connectivity index (χ3n) is 1.42. The average molecular weight is 164 g/mol. The summed E-state index contributed by atoms with van der Waals surface area (Å²) in [5, 5.41) is 0. The van der Waals surface area contributed by atoms with E-state index < -0.39 is 0 Å². The summed E-state index contributed by atoms with van der Waals surface area (Å²) in [6, 6.07) is 8.51. The summed E-state index contributed by atoms with van der Waals surface area (Å²) in [5.74, 6) is 0.432. The molecule has 0 radical (unpaired) electrons. The molecule has 0 unspecified atom stereocenters. The minimum atomic E-state index is -0.0616. The summed E-state index contributed by atoms with van der Waals surface area (Å²) in [7, 11) is 0. The predicted molar refractivity (Wildman–Crippen MR) is 48.5 cm³/mol. The van der Waals surface area contributed by atoms with Gasteiger partial charge in [-0.15, -0.1) is 0 Å². The van der Waals surface area contributed by atoms with Gasteiger partial charge < -0.3 is 4.74 Å². The SMILES string of the molecule is CCCOc1cccccc1=O. The Kier molecular flexibility index (Phi) is 3.33. The molecule has 0 saturated carbocycles. The van der Waals surface area contributed by atoms with Gasteiger partial charge in [-0.2, -0.15) is 0 Å². The molecule has 12 heavy (non-hydrogen) atoms. The van der Waals surface area contributed by atoms with Crippen LogP contribution in [-0.4, -0.2) is 6.61 Å². The zero-order chi connectivity index (χ0) is 8.81. The van der Waals surface area contributed by atoms with Gasteiger partial charge in [0.25, 0.3) is 0 Å². The van der Waals surface area contributed by atoms with E-state index in [0.29, 0.717) is 12.4 Å². The molecule has 0 N–H and O–H groups in total. The van der Waals surface area contributed by atoms with Crippen LogP contribution >= 0.6 is 0 Å². The Morgan fingerprint density at radius 3 is 2.75 bits per heavy atom. The molecule has 1 aromatic carbocycles. The van der Waals surface area contributed by atoms with Crippen molar-refractivity contribution < 1.29 is 4.74 Å². The Hall–Kier alpha value is -1.31. The van der Waals surface area contributed by atoms with Crippen molar-refractivity contribution in [2.45, 2.75) is 13.3 Å². The van der Waals surface area contributed by atoms with E-state index in [2.05, 4.69) is 0 Å². The van der Waals surface area contributed by atoms with Crippen LogP contribution in [0.3, 0.4) is 0 Å². The lowest BCUT2D eigenvalue weighted by molar-refractivity contribution is 0.315. The van der Waals surface area contributed by atoms with E-state index in [9.17, 15) is 4.79 Å². The Bertz CT molecular complexity index is 294. The highest BCUT2D eigenvalue weighted by Crippen LogP contribution is 2.00. The molecule has 0 spiro atoms. The summed E-state index contributed by atoms with van der Waals surface area (Å²) in [6.07, 6.45) is 0.915. The van der Waals surface area contributed by atoms with Gasteiger partial charge in [-0.3, -0.25) is 4.79 Å². The number of rotatable bonds is 3. The van der Waals surface area contributed by atoms with Crippen LogP contribution < -0.4 is 10.2 Å². The molecule has 0 heterocycles. The van der Waals surface area contributed by atoms with Gasteiger partial charge in [-0.25, -0.2) is 0 Å². The van der Waals surface area contributed by atoms with Gasteiger partial charge in [0.05, 0.1) is 6.61 Å². The van der Waals surface area contributed by atoms with E-state index in [1.165, 1.54) is 6.07 Å². The lowest BCUT2D eigenvalue weighted by Crippen LogP contribution is -2.04. The lowest BCUT2D eigenvalue weighted by atomic mass is 10.4. The maximum absolute atomic E-state index is 11.2. The standard InChI is InChI=1S/C10H12O2/c1-2-8-12-10-7-5-3-4-6-9(10)11/h3-7H,2,8H2,1H3. The van der Waals surface area contributed by atoms with Crippen molar-refractivity contribution in [2.24, 2.45) is 0 Å². The normalized spacial score (nSPS) is 9.42. The Balaban J connectivity index is 2.86. The van der Waals surface area contributed by atoms with Gasteiger partial charge >= 0.3 is 0 Å². The van der Waals surface area contributed by atoms with Crippen molar-refractivity contribution >= 4 is 0 Å². The number of hydrogen-bond donors (Lipinski definition) is 0. The van der Waals surface area contributed by atoms with Crippen LogP contribution in [0, 0.1) is 0 Å². The maximum atomic E-state index is 11.2. The van der Waals surface area contributed by atoms with Crippen molar-refractivity contribution in [3.8, 4) is 5.75 Å². The quantitative estimate of drug-likeness (QED) is 0.681. The molecule has 2 heteroatoms. The summed E-state index contributed by atoms with van der Waals surface area (Å²) in [4.78, 5) is 11.2. The molecular formula is C10H12O2. The van der Waals surface area contributed by atoms with Crippen LogP contribution in [0.1, 0.15) is 13.3 Å². The van der Waals surface area contributed by atoms with Gasteiger partial charge in [0.1, 0.15) is 0 Å². The first-order chi connectivity index (χ1) is 5.84. The average Bonchev–Trinajstić information content (AvgIpc) is 2.27. The molecule has 0 fully saturated rings. The van der Waals surface area contributed by atoms with Crippen molar-refractivity contribution in [3.05, 3.63) is 40.6 Å². The second kappa shape index (κ2) is 4.54. The van der Waals surface area contributed by atoms with Gasteiger partial charge in [-0.05, 0) is 18.6 Å². The monoisotopic (exact) mass is 164 g/mol. The van der Waals surface area contributed by atoms with E-state index in [1.807, 2.05) is 6.92 Å². The summed E-state index contributed by atoms with van der Waals surface area (Å²) in [6.45, 7) is 2.60. The topological polar surface area (TPSA) is 26.3 Å². The second-order valence-electron chi connectivity index (χ2n) is 2.49. The molecule has 0 amide bonds. The summed E-state index contributed by atoms with van der Waals surface area (Å²) in [5.41, 5.74) is -0.0616. The Morgan fingerprint density at radius 1 is 1.25 bits per heavy atom. The van der Waals surface area contributed by atoms with Crippen molar-refractivity contribution in [1.82, 2.24) is 0 Å². The first-order valence-corrected chi connectivity index (χ1v) is 4.06. The molecule has 1 aromatic rings. The molecule has 0 bridgehead atoms. The Morgan fingerprint density at radius 2 is 2.00 bits per heavy atom. The van der Waals surface area contributed by atoms with Crippen molar-refractivity contribution in [2.75, 3.05) is 6.61 Å². The van der Waals surface area contributed by atoms with Crippen LogP contribution in [-0.2, 0) is 0 Å². The maximum Gasteiger partial charge on any atom is 0.220 e. The summed E-state index contributed by atoms with van der Waals surface area (Å²) < 4.78 is 5.23. The van der Waals surface area contributed by atoms with E-state index >= 15 is 0 Å². The zero-order valence-electron chi connectivity index (χ0n) is 7.12. The van der Waals surface area contributed by atoms with Crippen LogP contribution in [0.2, 0.25) is 0 Å². The molecule has 2 nitrogen and oxygen atoms in total. The molecule has 0 saturated heterocycles. The molecule has 0 aliphatic carbocycles. The van der Waals surface area contributed by atoms with Crippen molar-refractivity contribution in [3.63, 3.8) is 0 Å². The molecule has 0 aromatic heterocycles. The Labute approximate surface area is 71.8 Å². The molecule has 0 aliphatic rings. The number of hydrogen-bond acceptors (Lipinski definition) is 2. The fourth-order valence-electron chi connectivity index (χ4n) is 0.846. The smallest absolute Gasteiger partial charge is 0.220 e. The van der Waals surface area contributed by atoms with Crippen LogP contribution in [0.4, 0.5) is 0 Å². The van der Waals surface area contributed by atoms with Gasteiger partial charge in [0.2, 0.25) is 5.43 Å². The minimum Gasteiger partial charge on any atom is -0.490 e. The molecule has 0 atom stereocenters. The lowest BCUT2D eigenvalue weighted by Gasteiger charge is -1.99. The first-order valence-electron chi connectivity index (χ1n) is 4.06. The fraction of sp³-hybridized carbons (Fsp3) is 0.300. The fourth-order valence-corrected chi connectivity index (χ4v) is 0.846. The van der Waals surface area contributed by atoms with E-state index in [4.69, 9.17) is 4.74 Å². The third kappa shape index (κ3) is 2.38. The van der Waals surface area contributed by atoms with Crippen LogP contribution in [0.15, 0.2) is 35.1 Å². The predicted octanol–water partition coefficient (Wildman–Crippen LogP) is 1.84. The van der Waals surface area contributed by atoms with Gasteiger partial charge in [0, 0.05) is 0 Å². The zero-order valence-corrected chi connectivity index (χ0v) is 7.12. The highest BCUT2D eigenvalue weighted by molar-refractivity contribution is 5.20. The van der Waals surface area contributed by atoms with E-state index in [0.717, 1.165) is 6.42 Å². The van der Waals surface area contributed by atoms with Gasteiger partial charge in [-0.1, -0.05) is 25.1 Å². The highest BCUT2D eigenvalue weighted by atomic mass is 16.5. The van der Waals surface area contributed by atoms with E-state index in [1.54, 1.807) is 24.3 Å². The van der Waals surface area contributed by atoms with E-state index in [-0.39, 0.29) is 5.43 Å². The molecule has 1 rings (SSSR count). The third-order valence-corrected chi connectivity index (χ3v) is 1.42. The highest BCUT2D eigenvalue weighted by Gasteiger charge is 1.94. The molecule has 64 valence electrons. The largest absolute Gasteiger partial charge is 0.490 e. The number of ether oxygens (including phenoxy) is 1. The van der Waals surface area contributed by atoms with Crippen LogP contribution in [0.5, 0.6) is 5.75 Å². The summed E-state index contributed by atoms with van der Waals surface area (Å²) >= 11 is 0. The van der Waals surface area contributed by atoms with Crippen molar-refractivity contribution in [1.29, 1.82) is 0 Å².